The number of halogens is 1. The van der Waals surface area contributed by atoms with Crippen molar-refractivity contribution in [1.29, 1.82) is 0 Å². The second-order valence-corrected chi connectivity index (χ2v) is 6.04. The highest BCUT2D eigenvalue weighted by molar-refractivity contribution is 6.34. The summed E-state index contributed by atoms with van der Waals surface area (Å²) in [6.45, 7) is 5.87. The van der Waals surface area contributed by atoms with Gasteiger partial charge in [-0.25, -0.2) is 9.97 Å². The van der Waals surface area contributed by atoms with E-state index in [1.165, 1.54) is 6.33 Å². The molecule has 1 aromatic carbocycles. The Kier molecular flexibility index (Phi) is 5.15. The molecule has 1 aromatic heterocycles. The fourth-order valence-electron chi connectivity index (χ4n) is 2.66. The number of benzene rings is 1. The van der Waals surface area contributed by atoms with Crippen LogP contribution in [0.25, 0.3) is 10.9 Å². The van der Waals surface area contributed by atoms with Crippen molar-refractivity contribution in [3.05, 3.63) is 23.6 Å². The molecule has 0 N–H and O–H groups in total. The van der Waals surface area contributed by atoms with E-state index in [0.29, 0.717) is 23.3 Å². The van der Waals surface area contributed by atoms with Crippen LogP contribution in [-0.4, -0.2) is 73.3 Å². The van der Waals surface area contributed by atoms with Crippen molar-refractivity contribution in [3.8, 4) is 11.5 Å². The predicted molar refractivity (Wildman–Crippen MR) is 90.5 cm³/mol. The molecule has 0 radical (unpaired) electrons. The van der Waals surface area contributed by atoms with E-state index in [1.54, 1.807) is 7.11 Å². The van der Waals surface area contributed by atoms with Gasteiger partial charge >= 0.3 is 0 Å². The first-order chi connectivity index (χ1) is 11.2. The number of likely N-dealkylation sites (N-methyl/N-ethyl adjacent to an activating group) is 1. The van der Waals surface area contributed by atoms with Crippen LogP contribution in [0.1, 0.15) is 0 Å². The Bertz CT molecular complexity index is 674. The smallest absolute Gasteiger partial charge is 0.162 e. The molecule has 124 valence electrons. The zero-order chi connectivity index (χ0) is 16.2. The minimum Gasteiger partial charge on any atom is -0.493 e. The highest BCUT2D eigenvalue weighted by atomic mass is 35.5. The first kappa shape index (κ1) is 16.2. The Hall–Kier alpha value is -1.63. The highest BCUT2D eigenvalue weighted by Crippen LogP contribution is 2.33. The molecule has 0 amide bonds. The standard InChI is InChI=1S/C16H21ClN4O2/c1-20-3-5-21(6-4-20)7-8-23-15-9-12-13(10-14(15)22-2)18-11-19-16(12)17/h9-11H,3-8H2,1-2H3. The van der Waals surface area contributed by atoms with Crippen LogP contribution in [0.3, 0.4) is 0 Å². The van der Waals surface area contributed by atoms with Crippen LogP contribution < -0.4 is 9.47 Å². The average molecular weight is 337 g/mol. The van der Waals surface area contributed by atoms with Crippen molar-refractivity contribution in [2.45, 2.75) is 0 Å². The second-order valence-electron chi connectivity index (χ2n) is 5.68. The molecule has 7 heteroatoms. The molecule has 0 spiro atoms. The fraction of sp³-hybridized carbons (Fsp3) is 0.500. The van der Waals surface area contributed by atoms with Gasteiger partial charge < -0.3 is 14.4 Å². The van der Waals surface area contributed by atoms with E-state index >= 15 is 0 Å². The molecule has 1 fully saturated rings. The monoisotopic (exact) mass is 336 g/mol. The minimum atomic E-state index is 0.418. The van der Waals surface area contributed by atoms with E-state index < -0.39 is 0 Å². The summed E-state index contributed by atoms with van der Waals surface area (Å²) in [6, 6.07) is 3.68. The van der Waals surface area contributed by atoms with Gasteiger partial charge in [-0.1, -0.05) is 11.6 Å². The lowest BCUT2D eigenvalue weighted by Gasteiger charge is -2.32. The maximum absolute atomic E-state index is 6.13. The Morgan fingerprint density at radius 1 is 1.13 bits per heavy atom. The molecule has 0 unspecified atom stereocenters. The van der Waals surface area contributed by atoms with Crippen LogP contribution in [0.2, 0.25) is 5.15 Å². The van der Waals surface area contributed by atoms with Crippen molar-refractivity contribution < 1.29 is 9.47 Å². The molecular weight excluding hydrogens is 316 g/mol. The maximum Gasteiger partial charge on any atom is 0.162 e. The van der Waals surface area contributed by atoms with Gasteiger partial charge in [-0.2, -0.15) is 0 Å². The van der Waals surface area contributed by atoms with Crippen molar-refractivity contribution in [1.82, 2.24) is 19.8 Å². The summed E-state index contributed by atoms with van der Waals surface area (Å²) < 4.78 is 11.3. The molecule has 3 rings (SSSR count). The van der Waals surface area contributed by atoms with E-state index in [0.717, 1.165) is 43.6 Å². The summed E-state index contributed by atoms with van der Waals surface area (Å²) in [5.41, 5.74) is 0.744. The number of rotatable bonds is 5. The SMILES string of the molecule is COc1cc2ncnc(Cl)c2cc1OCCN1CCN(C)CC1. The van der Waals surface area contributed by atoms with Crippen LogP contribution in [0.5, 0.6) is 11.5 Å². The normalized spacial score (nSPS) is 16.7. The Morgan fingerprint density at radius 3 is 2.65 bits per heavy atom. The number of hydrogen-bond donors (Lipinski definition) is 0. The van der Waals surface area contributed by atoms with Crippen LogP contribution in [0.15, 0.2) is 18.5 Å². The third-order valence-electron chi connectivity index (χ3n) is 4.13. The number of piperazine rings is 1. The third kappa shape index (κ3) is 3.83. The van der Waals surface area contributed by atoms with Gasteiger partial charge in [-0.3, -0.25) is 4.90 Å². The van der Waals surface area contributed by atoms with Crippen LogP contribution in [0.4, 0.5) is 0 Å². The average Bonchev–Trinajstić information content (AvgIpc) is 2.57. The second kappa shape index (κ2) is 7.29. The van der Waals surface area contributed by atoms with Crippen molar-refractivity contribution in [2.24, 2.45) is 0 Å². The van der Waals surface area contributed by atoms with Gasteiger partial charge in [0.15, 0.2) is 11.5 Å². The van der Waals surface area contributed by atoms with E-state index in [2.05, 4.69) is 26.8 Å². The molecule has 2 aromatic rings. The molecular formula is C16H21ClN4O2. The molecule has 0 bridgehead atoms. The van der Waals surface area contributed by atoms with Gasteiger partial charge in [0.05, 0.1) is 12.6 Å². The Labute approximate surface area is 141 Å². The van der Waals surface area contributed by atoms with E-state index in [9.17, 15) is 0 Å². The van der Waals surface area contributed by atoms with Crippen LogP contribution >= 0.6 is 11.6 Å². The molecule has 0 aliphatic carbocycles. The summed E-state index contributed by atoms with van der Waals surface area (Å²) in [5, 5.41) is 1.19. The van der Waals surface area contributed by atoms with Gasteiger partial charge in [-0.05, 0) is 13.1 Å². The zero-order valence-corrected chi connectivity index (χ0v) is 14.2. The molecule has 0 atom stereocenters. The fourth-order valence-corrected chi connectivity index (χ4v) is 2.86. The number of fused-ring (bicyclic) bond motifs is 1. The summed E-state index contributed by atoms with van der Waals surface area (Å²) >= 11 is 6.13. The number of nitrogens with zero attached hydrogens (tertiary/aromatic N) is 4. The van der Waals surface area contributed by atoms with Gasteiger partial charge in [0.2, 0.25) is 0 Å². The van der Waals surface area contributed by atoms with Gasteiger partial charge in [-0.15, -0.1) is 0 Å². The first-order valence-electron chi connectivity index (χ1n) is 7.69. The molecule has 1 saturated heterocycles. The van der Waals surface area contributed by atoms with Crippen LogP contribution in [-0.2, 0) is 0 Å². The Morgan fingerprint density at radius 2 is 1.91 bits per heavy atom. The highest BCUT2D eigenvalue weighted by Gasteiger charge is 2.14. The summed E-state index contributed by atoms with van der Waals surface area (Å²) in [4.78, 5) is 13.0. The number of aromatic nitrogens is 2. The third-order valence-corrected chi connectivity index (χ3v) is 4.43. The molecule has 0 saturated carbocycles. The minimum absolute atomic E-state index is 0.418. The quantitative estimate of drug-likeness (QED) is 0.778. The zero-order valence-electron chi connectivity index (χ0n) is 13.5. The molecule has 2 heterocycles. The summed E-state index contributed by atoms with van der Waals surface area (Å²) in [7, 11) is 3.77. The maximum atomic E-state index is 6.13. The molecule has 1 aliphatic heterocycles. The lowest BCUT2D eigenvalue weighted by atomic mass is 10.2. The molecule has 23 heavy (non-hydrogen) atoms. The predicted octanol–water partition coefficient (Wildman–Crippen LogP) is 1.92. The van der Waals surface area contributed by atoms with Crippen LogP contribution in [0, 0.1) is 0 Å². The Balaban J connectivity index is 1.68. The summed E-state index contributed by atoms with van der Waals surface area (Å²) in [6.07, 6.45) is 1.44. The van der Waals surface area contributed by atoms with Crippen molar-refractivity contribution >= 4 is 22.5 Å². The van der Waals surface area contributed by atoms with Gasteiger partial charge in [0.25, 0.3) is 0 Å². The number of methoxy groups -OCH3 is 1. The number of hydrogen-bond acceptors (Lipinski definition) is 6. The van der Waals surface area contributed by atoms with Crippen molar-refractivity contribution in [3.63, 3.8) is 0 Å². The van der Waals surface area contributed by atoms with Gasteiger partial charge in [0, 0.05) is 44.2 Å². The lowest BCUT2D eigenvalue weighted by Crippen LogP contribution is -2.45. The first-order valence-corrected chi connectivity index (χ1v) is 8.07. The molecule has 6 nitrogen and oxygen atoms in total. The lowest BCUT2D eigenvalue weighted by molar-refractivity contribution is 0.133. The summed E-state index contributed by atoms with van der Waals surface area (Å²) in [5.74, 6) is 1.33. The van der Waals surface area contributed by atoms with E-state index in [1.807, 2.05) is 12.1 Å². The van der Waals surface area contributed by atoms with Crippen molar-refractivity contribution in [2.75, 3.05) is 53.5 Å². The van der Waals surface area contributed by atoms with Gasteiger partial charge in [0.1, 0.15) is 18.1 Å². The van der Waals surface area contributed by atoms with E-state index in [-0.39, 0.29) is 0 Å². The largest absolute Gasteiger partial charge is 0.493 e. The molecule has 1 aliphatic rings. The van der Waals surface area contributed by atoms with E-state index in [4.69, 9.17) is 21.1 Å². The topological polar surface area (TPSA) is 50.7 Å². The number of ether oxygens (including phenoxy) is 2.